The van der Waals surface area contributed by atoms with Gasteiger partial charge in [-0.3, -0.25) is 0 Å². The van der Waals surface area contributed by atoms with Crippen molar-refractivity contribution in [3.63, 3.8) is 0 Å². The number of hydrogen-bond acceptors (Lipinski definition) is 2. The Bertz CT molecular complexity index is 543. The molecular weight excluding hydrogens is 288 g/mol. The first-order chi connectivity index (χ1) is 9.08. The molecule has 2 aromatic rings. The van der Waals surface area contributed by atoms with Crippen molar-refractivity contribution in [3.8, 4) is 0 Å². The van der Waals surface area contributed by atoms with E-state index in [4.69, 9.17) is 23.2 Å². The smallest absolute Gasteiger partial charge is 0.142 e. The fraction of sp³-hybridized carbons (Fsp3) is 0.308. The van der Waals surface area contributed by atoms with Crippen LogP contribution in [0.5, 0.6) is 0 Å². The number of benzene rings is 1. The maximum absolute atomic E-state index is 13.4. The van der Waals surface area contributed by atoms with Gasteiger partial charge in [0.25, 0.3) is 0 Å². The third-order valence-electron chi connectivity index (χ3n) is 2.91. The zero-order valence-electron chi connectivity index (χ0n) is 10.4. The van der Waals surface area contributed by atoms with Crippen LogP contribution in [0.1, 0.15) is 24.2 Å². The molecule has 0 saturated heterocycles. The van der Waals surface area contributed by atoms with E-state index in [1.54, 1.807) is 12.5 Å². The van der Waals surface area contributed by atoms with Crippen molar-refractivity contribution in [2.45, 2.75) is 19.4 Å². The molecule has 19 heavy (non-hydrogen) atoms. The van der Waals surface area contributed by atoms with Gasteiger partial charge < -0.3 is 10.3 Å². The number of H-pyrrole nitrogens is 1. The van der Waals surface area contributed by atoms with Gasteiger partial charge >= 0.3 is 0 Å². The summed E-state index contributed by atoms with van der Waals surface area (Å²) in [6.07, 6.45) is 4.24. The summed E-state index contributed by atoms with van der Waals surface area (Å²) in [4.78, 5) is 6.97. The summed E-state index contributed by atoms with van der Waals surface area (Å²) >= 11 is 11.7. The van der Waals surface area contributed by atoms with Crippen LogP contribution in [-0.4, -0.2) is 16.5 Å². The first-order valence-corrected chi connectivity index (χ1v) is 6.68. The van der Waals surface area contributed by atoms with Crippen molar-refractivity contribution >= 4 is 23.2 Å². The van der Waals surface area contributed by atoms with E-state index in [0.717, 1.165) is 18.7 Å². The van der Waals surface area contributed by atoms with Crippen molar-refractivity contribution in [1.82, 2.24) is 15.3 Å². The molecule has 2 N–H and O–H groups in total. The Labute approximate surface area is 121 Å². The molecule has 1 unspecified atom stereocenters. The van der Waals surface area contributed by atoms with Crippen LogP contribution in [0.3, 0.4) is 0 Å². The molecule has 1 aromatic heterocycles. The normalized spacial score (nSPS) is 12.6. The molecule has 0 bridgehead atoms. The number of rotatable bonds is 5. The van der Waals surface area contributed by atoms with E-state index in [9.17, 15) is 4.39 Å². The highest BCUT2D eigenvalue weighted by molar-refractivity contribution is 6.35. The molecule has 6 heteroatoms. The van der Waals surface area contributed by atoms with Gasteiger partial charge in [0.05, 0.1) is 11.3 Å². The Morgan fingerprint density at radius 1 is 1.37 bits per heavy atom. The Kier molecular flexibility index (Phi) is 4.80. The third-order valence-corrected chi connectivity index (χ3v) is 3.52. The molecule has 0 amide bonds. The number of nitrogens with zero attached hydrogens (tertiary/aromatic N) is 1. The summed E-state index contributed by atoms with van der Waals surface area (Å²) in [6.45, 7) is 2.67. The summed E-state index contributed by atoms with van der Waals surface area (Å²) < 4.78 is 13.4. The molecule has 0 radical (unpaired) electrons. The molecule has 1 aromatic carbocycles. The Balaban J connectivity index is 1.96. The summed E-state index contributed by atoms with van der Waals surface area (Å²) in [5.74, 6) is -0.455. The molecule has 1 atom stereocenters. The fourth-order valence-electron chi connectivity index (χ4n) is 1.82. The summed E-state index contributed by atoms with van der Waals surface area (Å²) in [7, 11) is 0. The number of halogens is 3. The van der Waals surface area contributed by atoms with Crippen LogP contribution in [0.2, 0.25) is 10.0 Å². The van der Waals surface area contributed by atoms with Gasteiger partial charge in [-0.2, -0.15) is 0 Å². The van der Waals surface area contributed by atoms with E-state index in [-0.39, 0.29) is 11.1 Å². The summed E-state index contributed by atoms with van der Waals surface area (Å²) in [5.41, 5.74) is 1.75. The van der Waals surface area contributed by atoms with E-state index in [1.807, 2.05) is 6.92 Å². The van der Waals surface area contributed by atoms with E-state index >= 15 is 0 Å². The van der Waals surface area contributed by atoms with Crippen molar-refractivity contribution in [3.05, 3.63) is 51.8 Å². The molecule has 3 nitrogen and oxygen atoms in total. The molecule has 0 fully saturated rings. The minimum Gasteiger partial charge on any atom is -0.348 e. The fourth-order valence-corrected chi connectivity index (χ4v) is 2.37. The van der Waals surface area contributed by atoms with E-state index < -0.39 is 5.82 Å². The topological polar surface area (TPSA) is 40.7 Å². The van der Waals surface area contributed by atoms with Crippen LogP contribution in [0.15, 0.2) is 24.7 Å². The summed E-state index contributed by atoms with van der Waals surface area (Å²) in [6, 6.07) is 2.75. The number of imidazole rings is 1. The maximum Gasteiger partial charge on any atom is 0.142 e. The second-order valence-corrected chi connectivity index (χ2v) is 5.10. The lowest BCUT2D eigenvalue weighted by Crippen LogP contribution is -2.21. The average Bonchev–Trinajstić information content (AvgIpc) is 2.86. The third kappa shape index (κ3) is 3.69. The SMILES string of the molecule is CC(NCCc1cnc[nH]1)c1cc(F)c(Cl)cc1Cl. The molecule has 0 saturated carbocycles. The van der Waals surface area contributed by atoms with Crippen molar-refractivity contribution in [2.75, 3.05) is 6.54 Å². The minimum absolute atomic E-state index is 0.0402. The molecule has 102 valence electrons. The van der Waals surface area contributed by atoms with Crippen molar-refractivity contribution in [1.29, 1.82) is 0 Å². The van der Waals surface area contributed by atoms with Crippen LogP contribution in [0, 0.1) is 5.82 Å². The predicted octanol–water partition coefficient (Wildman–Crippen LogP) is 3.75. The van der Waals surface area contributed by atoms with E-state index in [1.165, 1.54) is 12.1 Å². The van der Waals surface area contributed by atoms with Gasteiger partial charge in [-0.1, -0.05) is 23.2 Å². The first-order valence-electron chi connectivity index (χ1n) is 5.93. The minimum atomic E-state index is -0.455. The predicted molar refractivity (Wildman–Crippen MR) is 75.1 cm³/mol. The van der Waals surface area contributed by atoms with Crippen LogP contribution < -0.4 is 5.32 Å². The van der Waals surface area contributed by atoms with Gasteiger partial charge in [-0.25, -0.2) is 9.37 Å². The molecule has 1 heterocycles. The van der Waals surface area contributed by atoms with Gasteiger partial charge in [-0.05, 0) is 24.6 Å². The van der Waals surface area contributed by atoms with Gasteiger partial charge in [0.1, 0.15) is 5.82 Å². The lowest BCUT2D eigenvalue weighted by molar-refractivity contribution is 0.565. The average molecular weight is 302 g/mol. The highest BCUT2D eigenvalue weighted by atomic mass is 35.5. The number of hydrogen-bond donors (Lipinski definition) is 2. The van der Waals surface area contributed by atoms with Gasteiger partial charge in [0.2, 0.25) is 0 Å². The first kappa shape index (κ1) is 14.3. The largest absolute Gasteiger partial charge is 0.348 e. The monoisotopic (exact) mass is 301 g/mol. The van der Waals surface area contributed by atoms with Crippen LogP contribution in [-0.2, 0) is 6.42 Å². The highest BCUT2D eigenvalue weighted by Crippen LogP contribution is 2.28. The summed E-state index contributed by atoms with van der Waals surface area (Å²) in [5, 5.41) is 3.79. The van der Waals surface area contributed by atoms with Crippen molar-refractivity contribution < 1.29 is 4.39 Å². The highest BCUT2D eigenvalue weighted by Gasteiger charge is 2.12. The van der Waals surface area contributed by atoms with Crippen LogP contribution in [0.25, 0.3) is 0 Å². The molecule has 0 aliphatic heterocycles. The Hall–Kier alpha value is -1.10. The van der Waals surface area contributed by atoms with E-state index in [2.05, 4.69) is 15.3 Å². The molecule has 2 rings (SSSR count). The standard InChI is InChI=1S/C13H14Cl2FN3/c1-8(18-3-2-9-6-17-7-19-9)10-4-13(16)12(15)5-11(10)14/h4-8,18H,2-3H2,1H3,(H,17,19). The molecular formula is C13H14Cl2FN3. The molecule has 0 aliphatic rings. The number of nitrogens with one attached hydrogen (secondary N) is 2. The lowest BCUT2D eigenvalue weighted by atomic mass is 10.1. The van der Waals surface area contributed by atoms with Crippen LogP contribution >= 0.6 is 23.2 Å². The number of aromatic amines is 1. The van der Waals surface area contributed by atoms with Gasteiger partial charge in [0, 0.05) is 35.9 Å². The number of aromatic nitrogens is 2. The van der Waals surface area contributed by atoms with Gasteiger partial charge in [0.15, 0.2) is 0 Å². The molecule has 0 aliphatic carbocycles. The molecule has 0 spiro atoms. The quantitative estimate of drug-likeness (QED) is 0.826. The lowest BCUT2D eigenvalue weighted by Gasteiger charge is -2.16. The van der Waals surface area contributed by atoms with Crippen LogP contribution in [0.4, 0.5) is 4.39 Å². The zero-order valence-corrected chi connectivity index (χ0v) is 11.9. The Morgan fingerprint density at radius 3 is 2.84 bits per heavy atom. The van der Waals surface area contributed by atoms with Gasteiger partial charge in [-0.15, -0.1) is 0 Å². The second-order valence-electron chi connectivity index (χ2n) is 4.29. The Morgan fingerprint density at radius 2 is 2.16 bits per heavy atom. The zero-order chi connectivity index (χ0) is 13.8. The maximum atomic E-state index is 13.4. The van der Waals surface area contributed by atoms with Crippen molar-refractivity contribution in [2.24, 2.45) is 0 Å². The van der Waals surface area contributed by atoms with E-state index in [0.29, 0.717) is 10.6 Å². The second kappa shape index (κ2) is 6.37.